The normalized spacial score (nSPS) is 10.9. The Morgan fingerprint density at radius 3 is 2.03 bits per heavy atom. The highest BCUT2D eigenvalue weighted by Gasteiger charge is 2.04. The number of guanidine groups is 1. The third kappa shape index (κ3) is 8.05. The summed E-state index contributed by atoms with van der Waals surface area (Å²) < 4.78 is 16.3. The van der Waals surface area contributed by atoms with Gasteiger partial charge in [-0.05, 0) is 34.4 Å². The van der Waals surface area contributed by atoms with Crippen LogP contribution in [0.1, 0.15) is 22.3 Å². The highest BCUT2D eigenvalue weighted by atomic mass is 127. The van der Waals surface area contributed by atoms with Gasteiger partial charge in [-0.25, -0.2) is 4.99 Å². The largest absolute Gasteiger partial charge is 0.493 e. The standard InChI is InChI=1S/C25H29N3O3.HI/c1-29-23-13-12-22(14-24(23)30-2)16-28-25(26)27-15-19-8-10-21(11-9-19)18-31-17-20-6-4-3-5-7-20;/h3-14H,15-18H2,1-2H3,(H3,26,27,28);1H. The van der Waals surface area contributed by atoms with Crippen molar-refractivity contribution in [3.05, 3.63) is 95.1 Å². The zero-order valence-corrected chi connectivity index (χ0v) is 20.7. The maximum atomic E-state index is 6.01. The molecule has 0 fully saturated rings. The predicted molar refractivity (Wildman–Crippen MR) is 139 cm³/mol. The average molecular weight is 547 g/mol. The van der Waals surface area contributed by atoms with Gasteiger partial charge < -0.3 is 25.3 Å². The van der Waals surface area contributed by atoms with Gasteiger partial charge in [0.2, 0.25) is 0 Å². The summed E-state index contributed by atoms with van der Waals surface area (Å²) in [5, 5.41) is 3.15. The van der Waals surface area contributed by atoms with Gasteiger partial charge in [0.1, 0.15) is 0 Å². The Balaban J connectivity index is 0.00000363. The molecule has 32 heavy (non-hydrogen) atoms. The number of nitrogens with zero attached hydrogens (tertiary/aromatic N) is 1. The van der Waals surface area contributed by atoms with Crippen LogP contribution in [0.25, 0.3) is 0 Å². The lowest BCUT2D eigenvalue weighted by Gasteiger charge is -2.09. The van der Waals surface area contributed by atoms with Gasteiger partial charge in [0.25, 0.3) is 0 Å². The molecule has 0 heterocycles. The number of benzene rings is 3. The van der Waals surface area contributed by atoms with Gasteiger partial charge in [-0.15, -0.1) is 24.0 Å². The van der Waals surface area contributed by atoms with E-state index in [1.807, 2.05) is 36.4 Å². The molecule has 0 radical (unpaired) electrons. The Labute approximate surface area is 206 Å². The summed E-state index contributed by atoms with van der Waals surface area (Å²) in [6.07, 6.45) is 0. The average Bonchev–Trinajstić information content (AvgIpc) is 2.82. The molecule has 6 nitrogen and oxygen atoms in total. The Bertz CT molecular complexity index is 979. The maximum Gasteiger partial charge on any atom is 0.189 e. The summed E-state index contributed by atoms with van der Waals surface area (Å²) in [6.45, 7) is 2.25. The topological polar surface area (TPSA) is 78.1 Å². The monoisotopic (exact) mass is 547 g/mol. The molecule has 0 unspecified atom stereocenters. The Morgan fingerprint density at radius 1 is 0.781 bits per heavy atom. The first-order valence-corrected chi connectivity index (χ1v) is 10.1. The summed E-state index contributed by atoms with van der Waals surface area (Å²) in [5.41, 5.74) is 10.4. The molecule has 3 rings (SSSR count). The second kappa shape index (κ2) is 13.6. The van der Waals surface area contributed by atoms with Gasteiger partial charge in [0, 0.05) is 6.54 Å². The number of hydrogen-bond donors (Lipinski definition) is 2. The number of rotatable bonds is 10. The fourth-order valence-electron chi connectivity index (χ4n) is 3.02. The smallest absolute Gasteiger partial charge is 0.189 e. The van der Waals surface area contributed by atoms with E-state index in [0.717, 1.165) is 16.7 Å². The summed E-state index contributed by atoms with van der Waals surface area (Å²) in [7, 11) is 3.23. The number of hydrogen-bond acceptors (Lipinski definition) is 4. The number of halogens is 1. The second-order valence-corrected chi connectivity index (χ2v) is 7.04. The van der Waals surface area contributed by atoms with Crippen molar-refractivity contribution in [1.82, 2.24) is 5.32 Å². The Morgan fingerprint density at radius 2 is 1.38 bits per heavy atom. The first kappa shape index (κ1) is 25.5. The zero-order valence-electron chi connectivity index (χ0n) is 18.4. The van der Waals surface area contributed by atoms with Crippen LogP contribution >= 0.6 is 24.0 Å². The van der Waals surface area contributed by atoms with E-state index in [4.69, 9.17) is 19.9 Å². The molecule has 0 amide bonds. The first-order chi connectivity index (χ1) is 15.2. The number of nitrogens with one attached hydrogen (secondary N) is 1. The number of ether oxygens (including phenoxy) is 3. The van der Waals surface area contributed by atoms with E-state index in [1.165, 1.54) is 5.56 Å². The van der Waals surface area contributed by atoms with E-state index >= 15 is 0 Å². The molecule has 0 aromatic heterocycles. The SMILES string of the molecule is COc1ccc(CN=C(N)NCc2ccc(COCc3ccccc3)cc2)cc1OC.I. The maximum absolute atomic E-state index is 6.01. The van der Waals surface area contributed by atoms with E-state index < -0.39 is 0 Å². The van der Waals surface area contributed by atoms with Crippen LogP contribution in [0.3, 0.4) is 0 Å². The fourth-order valence-corrected chi connectivity index (χ4v) is 3.02. The van der Waals surface area contributed by atoms with Crippen molar-refractivity contribution < 1.29 is 14.2 Å². The van der Waals surface area contributed by atoms with Crippen molar-refractivity contribution in [3.8, 4) is 11.5 Å². The van der Waals surface area contributed by atoms with Crippen molar-refractivity contribution in [2.24, 2.45) is 10.7 Å². The minimum Gasteiger partial charge on any atom is -0.493 e. The number of nitrogens with two attached hydrogens (primary N) is 1. The Hall–Kier alpha value is -2.78. The van der Waals surface area contributed by atoms with Crippen LogP contribution in [0.15, 0.2) is 77.8 Å². The molecular weight excluding hydrogens is 517 g/mol. The molecule has 0 atom stereocenters. The third-order valence-electron chi connectivity index (χ3n) is 4.76. The lowest BCUT2D eigenvalue weighted by Crippen LogP contribution is -2.31. The lowest BCUT2D eigenvalue weighted by molar-refractivity contribution is 0.107. The van der Waals surface area contributed by atoms with Gasteiger partial charge in [-0.2, -0.15) is 0 Å². The van der Waals surface area contributed by atoms with Crippen LogP contribution in [0.4, 0.5) is 0 Å². The van der Waals surface area contributed by atoms with Gasteiger partial charge in [-0.3, -0.25) is 0 Å². The van der Waals surface area contributed by atoms with Gasteiger partial charge in [0.15, 0.2) is 17.5 Å². The quantitative estimate of drug-likeness (QED) is 0.220. The minimum atomic E-state index is 0. The summed E-state index contributed by atoms with van der Waals surface area (Å²) in [6, 6.07) is 24.1. The summed E-state index contributed by atoms with van der Waals surface area (Å²) in [4.78, 5) is 4.39. The number of methoxy groups -OCH3 is 2. The zero-order chi connectivity index (χ0) is 21.9. The third-order valence-corrected chi connectivity index (χ3v) is 4.76. The molecule has 7 heteroatoms. The minimum absolute atomic E-state index is 0. The molecule has 3 aromatic carbocycles. The first-order valence-electron chi connectivity index (χ1n) is 10.1. The molecule has 0 spiro atoms. The van der Waals surface area contributed by atoms with Crippen LogP contribution in [-0.2, 0) is 31.0 Å². The second-order valence-electron chi connectivity index (χ2n) is 7.04. The molecule has 170 valence electrons. The predicted octanol–water partition coefficient (Wildman–Crippen LogP) is 4.64. The Kier molecular flexibility index (Phi) is 10.8. The molecule has 0 saturated heterocycles. The molecule has 3 N–H and O–H groups in total. The van der Waals surface area contributed by atoms with Crippen molar-refractivity contribution in [2.45, 2.75) is 26.3 Å². The van der Waals surface area contributed by atoms with E-state index in [0.29, 0.717) is 43.8 Å². The van der Waals surface area contributed by atoms with Crippen LogP contribution in [0.2, 0.25) is 0 Å². The highest BCUT2D eigenvalue weighted by Crippen LogP contribution is 2.27. The van der Waals surface area contributed by atoms with Crippen LogP contribution in [-0.4, -0.2) is 20.2 Å². The number of aliphatic imine (C=N–C) groups is 1. The van der Waals surface area contributed by atoms with Crippen LogP contribution in [0, 0.1) is 0 Å². The van der Waals surface area contributed by atoms with Crippen LogP contribution in [0.5, 0.6) is 11.5 Å². The van der Waals surface area contributed by atoms with Crippen molar-refractivity contribution >= 4 is 29.9 Å². The van der Waals surface area contributed by atoms with E-state index in [2.05, 4.69) is 46.7 Å². The fraction of sp³-hybridized carbons (Fsp3) is 0.240. The lowest BCUT2D eigenvalue weighted by atomic mass is 10.1. The molecule has 0 saturated carbocycles. The molecular formula is C25H30IN3O3. The van der Waals surface area contributed by atoms with E-state index in [9.17, 15) is 0 Å². The van der Waals surface area contributed by atoms with Gasteiger partial charge in [0.05, 0.1) is 34.0 Å². The van der Waals surface area contributed by atoms with E-state index in [1.54, 1.807) is 14.2 Å². The summed E-state index contributed by atoms with van der Waals surface area (Å²) in [5.74, 6) is 1.76. The molecule has 0 bridgehead atoms. The van der Waals surface area contributed by atoms with Crippen molar-refractivity contribution in [3.63, 3.8) is 0 Å². The van der Waals surface area contributed by atoms with E-state index in [-0.39, 0.29) is 24.0 Å². The van der Waals surface area contributed by atoms with Gasteiger partial charge in [-0.1, -0.05) is 60.7 Å². The van der Waals surface area contributed by atoms with Gasteiger partial charge >= 0.3 is 0 Å². The molecule has 0 aliphatic rings. The highest BCUT2D eigenvalue weighted by molar-refractivity contribution is 14.0. The summed E-state index contributed by atoms with van der Waals surface area (Å²) >= 11 is 0. The molecule has 0 aliphatic heterocycles. The van der Waals surface area contributed by atoms with Crippen molar-refractivity contribution in [1.29, 1.82) is 0 Å². The van der Waals surface area contributed by atoms with Crippen molar-refractivity contribution in [2.75, 3.05) is 14.2 Å². The molecule has 3 aromatic rings. The van der Waals surface area contributed by atoms with Crippen LogP contribution < -0.4 is 20.5 Å². The molecule has 0 aliphatic carbocycles.